The third-order valence-corrected chi connectivity index (χ3v) is 5.16. The summed E-state index contributed by atoms with van der Waals surface area (Å²) in [6.07, 6.45) is 0. The predicted molar refractivity (Wildman–Crippen MR) is 124 cm³/mol. The summed E-state index contributed by atoms with van der Waals surface area (Å²) in [6.45, 7) is 2.48. The molecule has 0 unspecified atom stereocenters. The molecule has 8 heteroatoms. The van der Waals surface area contributed by atoms with Crippen molar-refractivity contribution in [2.75, 3.05) is 11.9 Å². The fraction of sp³-hybridized carbons (Fsp3) is 0.0833. The van der Waals surface area contributed by atoms with Crippen LogP contribution in [0.1, 0.15) is 17.3 Å². The molecule has 1 amide bonds. The maximum atomic E-state index is 13.2. The van der Waals surface area contributed by atoms with E-state index < -0.39 is 10.8 Å². The molecule has 1 N–H and O–H groups in total. The van der Waals surface area contributed by atoms with E-state index in [-0.39, 0.29) is 16.4 Å². The number of non-ortho nitro benzene ring substituents is 1. The summed E-state index contributed by atoms with van der Waals surface area (Å²) in [5, 5.41) is 14.6. The van der Waals surface area contributed by atoms with Crippen LogP contribution in [-0.2, 0) is 0 Å². The summed E-state index contributed by atoms with van der Waals surface area (Å²) in [4.78, 5) is 28.4. The number of amides is 1. The van der Waals surface area contributed by atoms with Gasteiger partial charge in [0.1, 0.15) is 5.75 Å². The van der Waals surface area contributed by atoms with Gasteiger partial charge in [0.05, 0.1) is 39.0 Å². The van der Waals surface area contributed by atoms with Crippen LogP contribution in [0.2, 0.25) is 5.02 Å². The van der Waals surface area contributed by atoms with E-state index in [9.17, 15) is 14.9 Å². The van der Waals surface area contributed by atoms with Gasteiger partial charge in [0.25, 0.3) is 11.6 Å². The quantitative estimate of drug-likeness (QED) is 0.284. The highest BCUT2D eigenvalue weighted by Crippen LogP contribution is 2.30. The number of nitrogens with zero attached hydrogens (tertiary/aromatic N) is 2. The second-order valence-electron chi connectivity index (χ2n) is 6.90. The van der Waals surface area contributed by atoms with Crippen LogP contribution in [0.25, 0.3) is 22.2 Å². The number of ether oxygens (including phenoxy) is 1. The predicted octanol–water partition coefficient (Wildman–Crippen LogP) is 6.11. The van der Waals surface area contributed by atoms with Crippen LogP contribution < -0.4 is 10.1 Å². The van der Waals surface area contributed by atoms with Gasteiger partial charge in [-0.25, -0.2) is 4.98 Å². The van der Waals surface area contributed by atoms with Crippen molar-refractivity contribution in [3.63, 3.8) is 0 Å². The first-order chi connectivity index (χ1) is 15.5. The first kappa shape index (κ1) is 21.3. The number of carbonyl (C=O) groups is 1. The number of nitro groups is 1. The molecule has 0 aliphatic carbocycles. The number of fused-ring (bicyclic) bond motifs is 1. The Morgan fingerprint density at radius 2 is 1.84 bits per heavy atom. The zero-order valence-electron chi connectivity index (χ0n) is 17.0. The van der Waals surface area contributed by atoms with Crippen molar-refractivity contribution in [3.05, 3.63) is 93.5 Å². The van der Waals surface area contributed by atoms with Crippen molar-refractivity contribution < 1.29 is 14.5 Å². The van der Waals surface area contributed by atoms with Crippen LogP contribution in [0, 0.1) is 10.1 Å². The summed E-state index contributed by atoms with van der Waals surface area (Å²) in [5.74, 6) is 0.300. The molecule has 160 valence electrons. The number of benzene rings is 3. The fourth-order valence-corrected chi connectivity index (χ4v) is 3.48. The SMILES string of the molecule is CCOc1ccc(-c2cc(C(=O)Nc3cc([N+](=O)[O-])ccc3Cl)c3ccccc3n2)cc1. The van der Waals surface area contributed by atoms with Crippen molar-refractivity contribution >= 4 is 39.8 Å². The van der Waals surface area contributed by atoms with Crippen LogP contribution in [-0.4, -0.2) is 22.4 Å². The number of aromatic nitrogens is 1. The lowest BCUT2D eigenvalue weighted by Gasteiger charge is -2.12. The second-order valence-corrected chi connectivity index (χ2v) is 7.31. The van der Waals surface area contributed by atoms with Gasteiger partial charge in [-0.3, -0.25) is 14.9 Å². The first-order valence-electron chi connectivity index (χ1n) is 9.84. The van der Waals surface area contributed by atoms with Crippen LogP contribution >= 0.6 is 11.6 Å². The number of para-hydroxylation sites is 1. The molecule has 0 radical (unpaired) electrons. The van der Waals surface area contributed by atoms with Crippen molar-refractivity contribution in [2.45, 2.75) is 6.92 Å². The minimum atomic E-state index is -0.544. The van der Waals surface area contributed by atoms with Crippen molar-refractivity contribution in [2.24, 2.45) is 0 Å². The average Bonchev–Trinajstić information content (AvgIpc) is 2.80. The number of nitrogens with one attached hydrogen (secondary N) is 1. The number of hydrogen-bond donors (Lipinski definition) is 1. The Labute approximate surface area is 188 Å². The van der Waals surface area contributed by atoms with Crippen molar-refractivity contribution in [3.8, 4) is 17.0 Å². The van der Waals surface area contributed by atoms with Gasteiger partial charge < -0.3 is 10.1 Å². The number of carbonyl (C=O) groups excluding carboxylic acids is 1. The van der Waals surface area contributed by atoms with E-state index >= 15 is 0 Å². The topological polar surface area (TPSA) is 94.4 Å². The molecule has 4 rings (SSSR count). The van der Waals surface area contributed by atoms with Crippen molar-refractivity contribution in [1.29, 1.82) is 0 Å². The minimum Gasteiger partial charge on any atom is -0.494 e. The number of rotatable bonds is 6. The van der Waals surface area contributed by atoms with E-state index in [1.165, 1.54) is 18.2 Å². The van der Waals surface area contributed by atoms with Crippen LogP contribution in [0.5, 0.6) is 5.75 Å². The number of nitro benzene ring substituents is 1. The molecule has 0 aliphatic rings. The van der Waals surface area contributed by atoms with E-state index in [2.05, 4.69) is 10.3 Å². The fourth-order valence-electron chi connectivity index (χ4n) is 3.31. The molecular weight excluding hydrogens is 430 g/mol. The molecule has 0 fully saturated rings. The van der Waals surface area contributed by atoms with E-state index in [4.69, 9.17) is 16.3 Å². The summed E-state index contributed by atoms with van der Waals surface area (Å²) in [6, 6.07) is 20.3. The lowest BCUT2D eigenvalue weighted by molar-refractivity contribution is -0.384. The summed E-state index contributed by atoms with van der Waals surface area (Å²) in [5.41, 5.74) is 2.45. The summed E-state index contributed by atoms with van der Waals surface area (Å²) >= 11 is 6.16. The Morgan fingerprint density at radius 3 is 2.56 bits per heavy atom. The molecule has 7 nitrogen and oxygen atoms in total. The number of pyridine rings is 1. The molecule has 0 aliphatic heterocycles. The molecule has 0 bridgehead atoms. The Bertz CT molecular complexity index is 1320. The number of anilines is 1. The lowest BCUT2D eigenvalue weighted by Crippen LogP contribution is -2.13. The van der Waals surface area contributed by atoms with Gasteiger partial charge in [0, 0.05) is 23.1 Å². The molecule has 32 heavy (non-hydrogen) atoms. The lowest BCUT2D eigenvalue weighted by atomic mass is 10.0. The van der Waals surface area contributed by atoms with E-state index in [1.54, 1.807) is 12.1 Å². The second kappa shape index (κ2) is 9.03. The highest BCUT2D eigenvalue weighted by Gasteiger charge is 2.17. The normalized spacial score (nSPS) is 10.7. The third-order valence-electron chi connectivity index (χ3n) is 4.83. The summed E-state index contributed by atoms with van der Waals surface area (Å²) < 4.78 is 5.49. The van der Waals surface area contributed by atoms with Gasteiger partial charge in [-0.2, -0.15) is 0 Å². The van der Waals surface area contributed by atoms with Crippen LogP contribution in [0.15, 0.2) is 72.8 Å². The molecule has 0 saturated carbocycles. The molecule has 0 spiro atoms. The average molecular weight is 448 g/mol. The highest BCUT2D eigenvalue weighted by molar-refractivity contribution is 6.34. The summed E-state index contributed by atoms with van der Waals surface area (Å²) in [7, 11) is 0. The van der Waals surface area contributed by atoms with Gasteiger partial charge in [-0.15, -0.1) is 0 Å². The molecule has 0 saturated heterocycles. The van der Waals surface area contributed by atoms with Crippen LogP contribution in [0.3, 0.4) is 0 Å². The van der Waals surface area contributed by atoms with Gasteiger partial charge >= 0.3 is 0 Å². The third kappa shape index (κ3) is 4.38. The Kier molecular flexibility index (Phi) is 6.00. The van der Waals surface area contributed by atoms with Gasteiger partial charge in [-0.1, -0.05) is 29.8 Å². The van der Waals surface area contributed by atoms with E-state index in [0.29, 0.717) is 28.8 Å². The first-order valence-corrected chi connectivity index (χ1v) is 10.2. The van der Waals surface area contributed by atoms with E-state index in [1.807, 2.05) is 49.4 Å². The minimum absolute atomic E-state index is 0.161. The van der Waals surface area contributed by atoms with Crippen molar-refractivity contribution in [1.82, 2.24) is 4.98 Å². The van der Waals surface area contributed by atoms with Gasteiger partial charge in [0.15, 0.2) is 0 Å². The van der Waals surface area contributed by atoms with Crippen LogP contribution in [0.4, 0.5) is 11.4 Å². The smallest absolute Gasteiger partial charge is 0.271 e. The standard InChI is InChI=1S/C24H18ClN3O4/c1-2-32-17-10-7-15(8-11-17)22-14-19(18-5-3-4-6-21(18)26-22)24(29)27-23-13-16(28(30)31)9-12-20(23)25/h3-14H,2H2,1H3,(H,27,29). The highest BCUT2D eigenvalue weighted by atomic mass is 35.5. The monoisotopic (exact) mass is 447 g/mol. The zero-order chi connectivity index (χ0) is 22.7. The largest absolute Gasteiger partial charge is 0.494 e. The van der Waals surface area contributed by atoms with Gasteiger partial charge in [-0.05, 0) is 49.4 Å². The molecule has 4 aromatic rings. The molecule has 3 aromatic carbocycles. The maximum absolute atomic E-state index is 13.2. The Balaban J connectivity index is 1.75. The number of halogens is 1. The molecule has 1 aromatic heterocycles. The van der Waals surface area contributed by atoms with E-state index in [0.717, 1.165) is 11.3 Å². The molecule has 0 atom stereocenters. The maximum Gasteiger partial charge on any atom is 0.271 e. The Hall–Kier alpha value is -3.97. The molecular formula is C24H18ClN3O4. The Morgan fingerprint density at radius 1 is 1.09 bits per heavy atom. The number of hydrogen-bond acceptors (Lipinski definition) is 5. The van der Waals surface area contributed by atoms with Gasteiger partial charge in [0.2, 0.25) is 0 Å². The zero-order valence-corrected chi connectivity index (χ0v) is 17.8. The molecule has 1 heterocycles.